The first-order valence-corrected chi connectivity index (χ1v) is 7.30. The summed E-state index contributed by atoms with van der Waals surface area (Å²) in [4.78, 5) is 2.22. The molecular weight excluding hydrogens is 260 g/mol. The third-order valence-electron chi connectivity index (χ3n) is 3.61. The molecule has 112 valence electrons. The van der Waals surface area contributed by atoms with Gasteiger partial charge in [-0.25, -0.2) is 0 Å². The lowest BCUT2D eigenvalue weighted by molar-refractivity contribution is 0.199. The molecule has 0 bridgehead atoms. The molecule has 0 fully saturated rings. The molecule has 1 N–H and O–H groups in total. The van der Waals surface area contributed by atoms with Crippen LogP contribution in [0.5, 0.6) is 0 Å². The number of nitrogens with one attached hydrogen (secondary N) is 1. The van der Waals surface area contributed by atoms with Crippen molar-refractivity contribution < 1.29 is 4.74 Å². The van der Waals surface area contributed by atoms with E-state index in [1.165, 1.54) is 22.5 Å². The van der Waals surface area contributed by atoms with Crippen molar-refractivity contribution in [3.05, 3.63) is 59.7 Å². The molecule has 0 aliphatic heterocycles. The second-order valence-electron chi connectivity index (χ2n) is 5.18. The van der Waals surface area contributed by atoms with Gasteiger partial charge in [0, 0.05) is 38.6 Å². The van der Waals surface area contributed by atoms with Crippen molar-refractivity contribution in [3.8, 4) is 0 Å². The van der Waals surface area contributed by atoms with E-state index in [1.54, 1.807) is 7.11 Å². The van der Waals surface area contributed by atoms with Crippen LogP contribution in [0.3, 0.4) is 0 Å². The summed E-state index contributed by atoms with van der Waals surface area (Å²) in [6, 6.07) is 17.1. The first-order chi connectivity index (χ1) is 10.2. The van der Waals surface area contributed by atoms with Gasteiger partial charge in [0.2, 0.25) is 0 Å². The Hall–Kier alpha value is -1.84. The lowest BCUT2D eigenvalue weighted by atomic mass is 10.1. The number of hydrogen-bond donors (Lipinski definition) is 1. The molecule has 3 heteroatoms. The molecule has 2 rings (SSSR count). The van der Waals surface area contributed by atoms with Crippen LogP contribution in [-0.4, -0.2) is 27.3 Å². The molecule has 0 spiro atoms. The van der Waals surface area contributed by atoms with Crippen molar-refractivity contribution in [2.45, 2.75) is 13.5 Å². The molecule has 0 heterocycles. The third kappa shape index (κ3) is 4.31. The largest absolute Gasteiger partial charge is 0.383 e. The fourth-order valence-corrected chi connectivity index (χ4v) is 2.32. The van der Waals surface area contributed by atoms with Gasteiger partial charge in [-0.1, -0.05) is 30.3 Å². The summed E-state index contributed by atoms with van der Waals surface area (Å²) in [5.74, 6) is 0. The van der Waals surface area contributed by atoms with Gasteiger partial charge >= 0.3 is 0 Å². The van der Waals surface area contributed by atoms with Gasteiger partial charge in [0.15, 0.2) is 0 Å². The Labute approximate surface area is 127 Å². The highest BCUT2D eigenvalue weighted by Gasteiger charge is 2.06. The predicted octanol–water partition coefficient (Wildman–Crippen LogP) is 3.50. The average molecular weight is 284 g/mol. The van der Waals surface area contributed by atoms with E-state index in [2.05, 4.69) is 72.7 Å². The van der Waals surface area contributed by atoms with Gasteiger partial charge < -0.3 is 15.0 Å². The number of hydrogen-bond acceptors (Lipinski definition) is 3. The minimum Gasteiger partial charge on any atom is -0.383 e. The van der Waals surface area contributed by atoms with Gasteiger partial charge in [0.1, 0.15) is 0 Å². The quantitative estimate of drug-likeness (QED) is 0.788. The molecule has 0 aliphatic rings. The SMILES string of the molecule is COCCNCc1ccc(N(C)c2ccccc2C)cc1. The molecule has 21 heavy (non-hydrogen) atoms. The average Bonchev–Trinajstić information content (AvgIpc) is 2.52. The standard InChI is InChI=1S/C18H24N2O/c1-15-6-4-5-7-18(15)20(2)17-10-8-16(9-11-17)14-19-12-13-21-3/h4-11,19H,12-14H2,1-3H3. The van der Waals surface area contributed by atoms with Gasteiger partial charge in [-0.3, -0.25) is 0 Å². The lowest BCUT2D eigenvalue weighted by Crippen LogP contribution is -2.18. The Kier molecular flexibility index (Phi) is 5.78. The van der Waals surface area contributed by atoms with Crippen molar-refractivity contribution in [1.82, 2.24) is 5.32 Å². The van der Waals surface area contributed by atoms with Crippen molar-refractivity contribution >= 4 is 11.4 Å². The summed E-state index contributed by atoms with van der Waals surface area (Å²) >= 11 is 0. The molecule has 0 aliphatic carbocycles. The van der Waals surface area contributed by atoms with Crippen molar-refractivity contribution in [1.29, 1.82) is 0 Å². The highest BCUT2D eigenvalue weighted by Crippen LogP contribution is 2.26. The molecule has 0 aromatic heterocycles. The molecule has 0 radical (unpaired) electrons. The first kappa shape index (κ1) is 15.5. The Morgan fingerprint density at radius 2 is 1.76 bits per heavy atom. The number of aryl methyl sites for hydroxylation is 1. The lowest BCUT2D eigenvalue weighted by Gasteiger charge is -2.21. The Balaban J connectivity index is 2.00. The molecule has 0 unspecified atom stereocenters. The zero-order valence-corrected chi connectivity index (χ0v) is 13.1. The second-order valence-corrected chi connectivity index (χ2v) is 5.18. The summed E-state index contributed by atoms with van der Waals surface area (Å²) in [5.41, 5.74) is 5.01. The van der Waals surface area contributed by atoms with Gasteiger partial charge in [-0.05, 0) is 36.2 Å². The Morgan fingerprint density at radius 1 is 1.05 bits per heavy atom. The maximum Gasteiger partial charge on any atom is 0.0587 e. The van der Waals surface area contributed by atoms with Crippen LogP contribution < -0.4 is 10.2 Å². The smallest absolute Gasteiger partial charge is 0.0587 e. The molecule has 3 nitrogen and oxygen atoms in total. The van der Waals surface area contributed by atoms with Gasteiger partial charge in [0.05, 0.1) is 6.61 Å². The van der Waals surface area contributed by atoms with Crippen LogP contribution in [0.25, 0.3) is 0 Å². The summed E-state index contributed by atoms with van der Waals surface area (Å²) in [7, 11) is 3.83. The number of benzene rings is 2. The van der Waals surface area contributed by atoms with E-state index < -0.39 is 0 Å². The van der Waals surface area contributed by atoms with Crippen molar-refractivity contribution in [2.75, 3.05) is 32.2 Å². The van der Waals surface area contributed by atoms with Crippen molar-refractivity contribution in [3.63, 3.8) is 0 Å². The summed E-state index contributed by atoms with van der Waals surface area (Å²) in [5, 5.41) is 3.35. The minimum atomic E-state index is 0.744. The fraction of sp³-hybridized carbons (Fsp3) is 0.333. The number of ether oxygens (including phenoxy) is 1. The molecule has 0 saturated heterocycles. The molecule has 0 amide bonds. The van der Waals surface area contributed by atoms with Crippen LogP contribution in [0.4, 0.5) is 11.4 Å². The third-order valence-corrected chi connectivity index (χ3v) is 3.61. The molecule has 2 aromatic rings. The summed E-state index contributed by atoms with van der Waals surface area (Å²) in [6.45, 7) is 4.63. The number of methoxy groups -OCH3 is 1. The molecule has 2 aromatic carbocycles. The van der Waals surface area contributed by atoms with E-state index in [0.717, 1.165) is 19.7 Å². The fourth-order valence-electron chi connectivity index (χ4n) is 2.32. The zero-order valence-electron chi connectivity index (χ0n) is 13.1. The Bertz CT molecular complexity index is 551. The van der Waals surface area contributed by atoms with E-state index in [1.807, 2.05) is 0 Å². The van der Waals surface area contributed by atoms with Crippen LogP contribution in [0.1, 0.15) is 11.1 Å². The van der Waals surface area contributed by atoms with Crippen LogP contribution >= 0.6 is 0 Å². The van der Waals surface area contributed by atoms with Crippen LogP contribution in [-0.2, 0) is 11.3 Å². The number of anilines is 2. The monoisotopic (exact) mass is 284 g/mol. The van der Waals surface area contributed by atoms with E-state index in [4.69, 9.17) is 4.74 Å². The highest BCUT2D eigenvalue weighted by atomic mass is 16.5. The van der Waals surface area contributed by atoms with Gasteiger partial charge in [0.25, 0.3) is 0 Å². The zero-order chi connectivity index (χ0) is 15.1. The van der Waals surface area contributed by atoms with Crippen LogP contribution in [0.2, 0.25) is 0 Å². The number of para-hydroxylation sites is 1. The number of nitrogens with zero attached hydrogens (tertiary/aromatic N) is 1. The highest BCUT2D eigenvalue weighted by molar-refractivity contribution is 5.65. The normalized spacial score (nSPS) is 10.6. The minimum absolute atomic E-state index is 0.744. The summed E-state index contributed by atoms with van der Waals surface area (Å²) < 4.78 is 5.02. The second kappa shape index (κ2) is 7.81. The van der Waals surface area contributed by atoms with E-state index in [9.17, 15) is 0 Å². The molecular formula is C18H24N2O. The van der Waals surface area contributed by atoms with E-state index in [-0.39, 0.29) is 0 Å². The first-order valence-electron chi connectivity index (χ1n) is 7.30. The Morgan fingerprint density at radius 3 is 2.43 bits per heavy atom. The van der Waals surface area contributed by atoms with Crippen LogP contribution in [0.15, 0.2) is 48.5 Å². The topological polar surface area (TPSA) is 24.5 Å². The predicted molar refractivity (Wildman–Crippen MR) is 89.3 cm³/mol. The maximum atomic E-state index is 5.02. The van der Waals surface area contributed by atoms with Crippen LogP contribution in [0, 0.1) is 6.92 Å². The molecule has 0 atom stereocenters. The maximum absolute atomic E-state index is 5.02. The van der Waals surface area contributed by atoms with Gasteiger partial charge in [-0.2, -0.15) is 0 Å². The van der Waals surface area contributed by atoms with E-state index in [0.29, 0.717) is 0 Å². The van der Waals surface area contributed by atoms with E-state index >= 15 is 0 Å². The summed E-state index contributed by atoms with van der Waals surface area (Å²) in [6.07, 6.45) is 0. The molecule has 0 saturated carbocycles. The number of rotatable bonds is 7. The van der Waals surface area contributed by atoms with Gasteiger partial charge in [-0.15, -0.1) is 0 Å². The van der Waals surface area contributed by atoms with Crippen molar-refractivity contribution in [2.24, 2.45) is 0 Å².